The normalized spacial score (nSPS) is 10.3. The van der Waals surface area contributed by atoms with Crippen molar-refractivity contribution in [3.63, 3.8) is 0 Å². The molecule has 0 aliphatic heterocycles. The van der Waals surface area contributed by atoms with Crippen molar-refractivity contribution in [2.75, 3.05) is 0 Å². The lowest BCUT2D eigenvalue weighted by Gasteiger charge is -2.12. The third kappa shape index (κ3) is 3.63. The van der Waals surface area contributed by atoms with Crippen molar-refractivity contribution < 1.29 is 24.2 Å². The number of rotatable bonds is 4. The van der Waals surface area contributed by atoms with Crippen LogP contribution in [0.1, 0.15) is 34.6 Å². The van der Waals surface area contributed by atoms with Gasteiger partial charge in [0.2, 0.25) is 0 Å². The molecule has 22 heavy (non-hydrogen) atoms. The van der Waals surface area contributed by atoms with E-state index in [0.717, 1.165) is 0 Å². The largest absolute Gasteiger partial charge is 0.507 e. The van der Waals surface area contributed by atoms with Gasteiger partial charge in [-0.1, -0.05) is 24.3 Å². The number of phenolic OH excluding ortho intramolecular Hbond substituents is 1. The summed E-state index contributed by atoms with van der Waals surface area (Å²) in [7, 11) is 0. The van der Waals surface area contributed by atoms with Crippen LogP contribution in [0.5, 0.6) is 11.5 Å². The lowest BCUT2D eigenvalue weighted by Crippen LogP contribution is -2.15. The molecule has 1 N–H and O–H groups in total. The number of carbonyl (C=O) groups excluding carboxylic acids is 2. The molecular formula is C17H16O5. The fraction of sp³-hybridized carbons (Fsp3) is 0.176. The maximum atomic E-state index is 12.1. The second kappa shape index (κ2) is 6.76. The van der Waals surface area contributed by atoms with Gasteiger partial charge in [0, 0.05) is 0 Å². The van der Waals surface area contributed by atoms with Gasteiger partial charge >= 0.3 is 11.9 Å². The van der Waals surface area contributed by atoms with E-state index < -0.39 is 11.9 Å². The summed E-state index contributed by atoms with van der Waals surface area (Å²) in [6, 6.07) is 12.3. The Labute approximate surface area is 128 Å². The molecule has 0 radical (unpaired) electrons. The van der Waals surface area contributed by atoms with Crippen LogP contribution in [0.4, 0.5) is 0 Å². The van der Waals surface area contributed by atoms with Crippen molar-refractivity contribution in [2.45, 2.75) is 20.0 Å². The monoisotopic (exact) mass is 300 g/mol. The molecule has 2 rings (SSSR count). The van der Waals surface area contributed by atoms with Gasteiger partial charge in [0.15, 0.2) is 0 Å². The summed E-state index contributed by atoms with van der Waals surface area (Å²) in [4.78, 5) is 24.1. The van der Waals surface area contributed by atoms with Crippen LogP contribution in [0, 0.1) is 0 Å². The van der Waals surface area contributed by atoms with E-state index in [1.807, 2.05) is 0 Å². The van der Waals surface area contributed by atoms with E-state index in [-0.39, 0.29) is 28.7 Å². The molecule has 5 heteroatoms. The number of esters is 2. The van der Waals surface area contributed by atoms with Gasteiger partial charge < -0.3 is 14.6 Å². The zero-order chi connectivity index (χ0) is 16.1. The highest BCUT2D eigenvalue weighted by molar-refractivity contribution is 5.97. The fourth-order valence-corrected chi connectivity index (χ4v) is 1.80. The summed E-state index contributed by atoms with van der Waals surface area (Å²) in [5.41, 5.74) is 0.175. The SMILES string of the molecule is CC(C)OC(=O)c1ccccc1OC(=O)c1ccccc1O. The van der Waals surface area contributed by atoms with Gasteiger partial charge in [-0.05, 0) is 38.1 Å². The lowest BCUT2D eigenvalue weighted by atomic mass is 10.2. The van der Waals surface area contributed by atoms with E-state index in [9.17, 15) is 14.7 Å². The van der Waals surface area contributed by atoms with Crippen molar-refractivity contribution in [3.05, 3.63) is 59.7 Å². The summed E-state index contributed by atoms with van der Waals surface area (Å²) < 4.78 is 10.3. The second-order valence-electron chi connectivity index (χ2n) is 4.86. The molecular weight excluding hydrogens is 284 g/mol. The zero-order valence-electron chi connectivity index (χ0n) is 12.3. The molecule has 114 valence electrons. The number of aromatic hydroxyl groups is 1. The van der Waals surface area contributed by atoms with Crippen LogP contribution < -0.4 is 4.74 Å². The minimum atomic E-state index is -0.747. The summed E-state index contributed by atoms with van der Waals surface area (Å²) in [6.45, 7) is 3.46. The van der Waals surface area contributed by atoms with Crippen LogP contribution in [0.2, 0.25) is 0 Å². The molecule has 0 heterocycles. The van der Waals surface area contributed by atoms with Gasteiger partial charge in [-0.2, -0.15) is 0 Å². The number of para-hydroxylation sites is 2. The number of hydrogen-bond donors (Lipinski definition) is 1. The van der Waals surface area contributed by atoms with E-state index in [0.29, 0.717) is 0 Å². The van der Waals surface area contributed by atoms with Gasteiger partial charge in [-0.25, -0.2) is 9.59 Å². The Morgan fingerprint density at radius 3 is 2.14 bits per heavy atom. The average Bonchev–Trinajstić information content (AvgIpc) is 2.47. The molecule has 0 fully saturated rings. The highest BCUT2D eigenvalue weighted by Crippen LogP contribution is 2.23. The Balaban J connectivity index is 2.25. The zero-order valence-corrected chi connectivity index (χ0v) is 12.3. The summed E-state index contributed by atoms with van der Waals surface area (Å²) in [5.74, 6) is -1.42. The maximum absolute atomic E-state index is 12.1. The molecule has 2 aromatic carbocycles. The van der Waals surface area contributed by atoms with Crippen LogP contribution in [0.25, 0.3) is 0 Å². The molecule has 0 aliphatic carbocycles. The standard InChI is InChI=1S/C17H16O5/c1-11(2)21-17(20)13-8-4-6-10-15(13)22-16(19)12-7-3-5-9-14(12)18/h3-11,18H,1-2H3. The van der Waals surface area contributed by atoms with Crippen LogP contribution in [-0.4, -0.2) is 23.1 Å². The number of ether oxygens (including phenoxy) is 2. The Morgan fingerprint density at radius 1 is 0.909 bits per heavy atom. The van der Waals surface area contributed by atoms with Gasteiger partial charge in [0.25, 0.3) is 0 Å². The van der Waals surface area contributed by atoms with Gasteiger partial charge in [-0.15, -0.1) is 0 Å². The maximum Gasteiger partial charge on any atom is 0.347 e. The van der Waals surface area contributed by atoms with Gasteiger partial charge in [0.1, 0.15) is 22.6 Å². The first-order chi connectivity index (χ1) is 10.5. The predicted molar refractivity (Wildman–Crippen MR) is 80.1 cm³/mol. The lowest BCUT2D eigenvalue weighted by molar-refractivity contribution is 0.0374. The van der Waals surface area contributed by atoms with E-state index >= 15 is 0 Å². The van der Waals surface area contributed by atoms with Crippen molar-refractivity contribution >= 4 is 11.9 Å². The Kier molecular flexibility index (Phi) is 4.78. The second-order valence-corrected chi connectivity index (χ2v) is 4.86. The number of phenols is 1. The Bertz CT molecular complexity index is 691. The first-order valence-electron chi connectivity index (χ1n) is 6.79. The quantitative estimate of drug-likeness (QED) is 0.693. The van der Waals surface area contributed by atoms with Gasteiger partial charge in [0.05, 0.1) is 6.10 Å². The number of benzene rings is 2. The van der Waals surface area contributed by atoms with Gasteiger partial charge in [-0.3, -0.25) is 0 Å². The molecule has 5 nitrogen and oxygen atoms in total. The predicted octanol–water partition coefficient (Wildman–Crippen LogP) is 3.18. The van der Waals surface area contributed by atoms with E-state index in [4.69, 9.17) is 9.47 Å². The fourth-order valence-electron chi connectivity index (χ4n) is 1.80. The number of hydrogen-bond acceptors (Lipinski definition) is 5. The van der Waals surface area contributed by atoms with Crippen molar-refractivity contribution in [1.29, 1.82) is 0 Å². The van der Waals surface area contributed by atoms with E-state index in [1.54, 1.807) is 38.1 Å². The highest BCUT2D eigenvalue weighted by Gasteiger charge is 2.19. The average molecular weight is 300 g/mol. The summed E-state index contributed by atoms with van der Waals surface area (Å²) >= 11 is 0. The molecule has 0 amide bonds. The molecule has 0 aliphatic rings. The molecule has 0 saturated heterocycles. The summed E-state index contributed by atoms with van der Waals surface area (Å²) in [6.07, 6.45) is -0.283. The minimum absolute atomic E-state index is 0.0227. The highest BCUT2D eigenvalue weighted by atomic mass is 16.6. The molecule has 0 bridgehead atoms. The minimum Gasteiger partial charge on any atom is -0.507 e. The topological polar surface area (TPSA) is 72.8 Å². The van der Waals surface area contributed by atoms with E-state index in [2.05, 4.69) is 0 Å². The molecule has 0 aromatic heterocycles. The summed E-state index contributed by atoms with van der Waals surface area (Å²) in [5, 5.41) is 9.66. The first kappa shape index (κ1) is 15.6. The molecule has 2 aromatic rings. The first-order valence-corrected chi connectivity index (χ1v) is 6.79. The Hall–Kier alpha value is -2.82. The molecule has 0 unspecified atom stereocenters. The van der Waals surface area contributed by atoms with Crippen LogP contribution in [0.15, 0.2) is 48.5 Å². The van der Waals surface area contributed by atoms with Crippen molar-refractivity contribution in [1.82, 2.24) is 0 Å². The molecule has 0 atom stereocenters. The van der Waals surface area contributed by atoms with Crippen LogP contribution in [-0.2, 0) is 4.74 Å². The molecule has 0 saturated carbocycles. The smallest absolute Gasteiger partial charge is 0.347 e. The van der Waals surface area contributed by atoms with E-state index in [1.165, 1.54) is 24.3 Å². The third-order valence-electron chi connectivity index (χ3n) is 2.78. The molecule has 0 spiro atoms. The van der Waals surface area contributed by atoms with Crippen molar-refractivity contribution in [3.8, 4) is 11.5 Å². The third-order valence-corrected chi connectivity index (χ3v) is 2.78. The number of carbonyl (C=O) groups is 2. The van der Waals surface area contributed by atoms with Crippen LogP contribution >= 0.6 is 0 Å². The van der Waals surface area contributed by atoms with Crippen molar-refractivity contribution in [2.24, 2.45) is 0 Å². The Morgan fingerprint density at radius 2 is 1.50 bits per heavy atom. The van der Waals surface area contributed by atoms with Crippen LogP contribution in [0.3, 0.4) is 0 Å².